The second-order valence-corrected chi connectivity index (χ2v) is 13.3. The van der Waals surface area contributed by atoms with Crippen molar-refractivity contribution in [1.82, 2.24) is 9.80 Å². The zero-order chi connectivity index (χ0) is 28.6. The minimum absolute atomic E-state index is 0.116. The highest BCUT2D eigenvalue weighted by atomic mass is 32.2. The lowest BCUT2D eigenvalue weighted by Crippen LogP contribution is -2.47. The maximum atomic E-state index is 11.6. The van der Waals surface area contributed by atoms with E-state index < -0.39 is 0 Å². The van der Waals surface area contributed by atoms with Crippen LogP contribution in [0, 0.1) is 25.7 Å². The number of carbonyl (C=O) groups is 1. The molecule has 2 aromatic rings. The fraction of sp³-hybridized carbons (Fsp3) is 0.562. The van der Waals surface area contributed by atoms with Gasteiger partial charge in [0, 0.05) is 25.7 Å². The van der Waals surface area contributed by atoms with Gasteiger partial charge in [-0.25, -0.2) is 0 Å². The zero-order valence-electron chi connectivity index (χ0n) is 24.5. The lowest BCUT2D eigenvalue weighted by Gasteiger charge is -2.49. The van der Waals surface area contributed by atoms with Crippen molar-refractivity contribution in [2.24, 2.45) is 17.6 Å². The van der Waals surface area contributed by atoms with E-state index in [0.29, 0.717) is 17.9 Å². The van der Waals surface area contributed by atoms with Gasteiger partial charge in [0.15, 0.2) is 11.5 Å². The van der Waals surface area contributed by atoms with Crippen LogP contribution >= 0.6 is 24.0 Å². The Labute approximate surface area is 248 Å². The Balaban J connectivity index is 1.49. The minimum Gasteiger partial charge on any atom is -0.493 e. The molecule has 4 unspecified atom stereocenters. The Hall–Kier alpha value is -2.29. The van der Waals surface area contributed by atoms with Crippen LogP contribution in [0.15, 0.2) is 24.3 Å². The number of thioether (sulfide) groups is 1. The number of piperidine rings is 1. The van der Waals surface area contributed by atoms with E-state index in [1.165, 1.54) is 51.6 Å². The number of thiocarbonyl (C=S) groups is 1. The molecule has 0 bridgehead atoms. The van der Waals surface area contributed by atoms with E-state index in [1.807, 2.05) is 0 Å². The third-order valence-corrected chi connectivity index (χ3v) is 11.0. The summed E-state index contributed by atoms with van der Waals surface area (Å²) in [7, 11) is 3.39. The second-order valence-electron chi connectivity index (χ2n) is 11.7. The summed E-state index contributed by atoms with van der Waals surface area (Å²) in [6, 6.07) is 9.76. The molecule has 0 aliphatic carbocycles. The van der Waals surface area contributed by atoms with Crippen molar-refractivity contribution < 1.29 is 14.3 Å². The van der Waals surface area contributed by atoms with Gasteiger partial charge >= 0.3 is 0 Å². The molecule has 0 saturated carbocycles. The molecule has 2 N–H and O–H groups in total. The van der Waals surface area contributed by atoms with Gasteiger partial charge in [-0.05, 0) is 96.9 Å². The fourth-order valence-electron chi connectivity index (χ4n) is 7.22. The van der Waals surface area contributed by atoms with E-state index in [2.05, 4.69) is 54.8 Å². The molecule has 8 heteroatoms. The number of aryl methyl sites for hydroxylation is 2. The van der Waals surface area contributed by atoms with Crippen molar-refractivity contribution in [3.8, 4) is 11.5 Å². The molecule has 4 atom stereocenters. The number of fused-ring (bicyclic) bond motifs is 4. The van der Waals surface area contributed by atoms with E-state index in [0.717, 1.165) is 61.1 Å². The molecule has 3 aliphatic heterocycles. The Bertz CT molecular complexity index is 1280. The number of methoxy groups -OCH3 is 2. The van der Waals surface area contributed by atoms with Gasteiger partial charge in [0.05, 0.1) is 26.0 Å². The van der Waals surface area contributed by atoms with Crippen LogP contribution in [0.5, 0.6) is 11.5 Å². The molecule has 40 heavy (non-hydrogen) atoms. The van der Waals surface area contributed by atoms with Gasteiger partial charge in [0.2, 0.25) is 5.91 Å². The molecule has 0 radical (unpaired) electrons. The highest BCUT2D eigenvalue weighted by molar-refractivity contribution is 8.23. The Morgan fingerprint density at radius 2 is 1.68 bits per heavy atom. The quantitative estimate of drug-likeness (QED) is 0.417. The highest BCUT2D eigenvalue weighted by Crippen LogP contribution is 2.48. The molecule has 0 spiro atoms. The van der Waals surface area contributed by atoms with E-state index in [-0.39, 0.29) is 17.7 Å². The maximum Gasteiger partial charge on any atom is 0.227 e. The lowest BCUT2D eigenvalue weighted by atomic mass is 9.72. The fourth-order valence-corrected chi connectivity index (χ4v) is 8.27. The number of benzene rings is 2. The van der Waals surface area contributed by atoms with Crippen LogP contribution in [-0.4, -0.2) is 59.6 Å². The SMILES string of the molecule is CCC1CN2CCc3cc(C)c(C)cc3C2CC1CC1c2cc(OC)c(OC)cc2CCN1C(=S)SCC(N)=O. The molecule has 2 aromatic carbocycles. The van der Waals surface area contributed by atoms with Gasteiger partial charge in [-0.1, -0.05) is 49.5 Å². The number of primary amides is 1. The van der Waals surface area contributed by atoms with Gasteiger partial charge in [0.25, 0.3) is 0 Å². The Kier molecular flexibility index (Phi) is 8.98. The smallest absolute Gasteiger partial charge is 0.227 e. The number of rotatable bonds is 7. The molecule has 1 fully saturated rings. The number of ether oxygens (including phenoxy) is 2. The van der Waals surface area contributed by atoms with Crippen LogP contribution in [0.4, 0.5) is 0 Å². The van der Waals surface area contributed by atoms with Crippen molar-refractivity contribution in [2.75, 3.05) is 39.6 Å². The first kappa shape index (κ1) is 29.2. The van der Waals surface area contributed by atoms with Crippen LogP contribution in [0.25, 0.3) is 0 Å². The maximum absolute atomic E-state index is 11.6. The van der Waals surface area contributed by atoms with E-state index >= 15 is 0 Å². The van der Waals surface area contributed by atoms with E-state index in [4.69, 9.17) is 27.4 Å². The average Bonchev–Trinajstić information content (AvgIpc) is 2.95. The first-order valence-electron chi connectivity index (χ1n) is 14.5. The van der Waals surface area contributed by atoms with Crippen LogP contribution in [0.3, 0.4) is 0 Å². The molecule has 3 aliphatic rings. The van der Waals surface area contributed by atoms with Crippen LogP contribution in [0.1, 0.15) is 71.7 Å². The standard InChI is InChI=1S/C32H43N3O3S2/c1-6-21-17-34-9-7-22-11-19(2)20(3)12-25(22)27(34)13-24(21)14-28-26-16-30(38-5)29(37-4)15-23(26)8-10-35(28)32(39)40-18-31(33)36/h11-12,15-16,21,24,27-28H,6-10,13-14,17-18H2,1-5H3,(H2,33,36). The minimum atomic E-state index is -0.340. The summed E-state index contributed by atoms with van der Waals surface area (Å²) < 4.78 is 12.1. The van der Waals surface area contributed by atoms with Gasteiger partial charge in [0.1, 0.15) is 4.32 Å². The van der Waals surface area contributed by atoms with E-state index in [1.54, 1.807) is 14.2 Å². The predicted octanol–water partition coefficient (Wildman–Crippen LogP) is 5.76. The Morgan fingerprint density at radius 1 is 1.00 bits per heavy atom. The first-order valence-corrected chi connectivity index (χ1v) is 15.9. The van der Waals surface area contributed by atoms with Gasteiger partial charge < -0.3 is 20.1 Å². The normalized spacial score (nSPS) is 24.1. The summed E-state index contributed by atoms with van der Waals surface area (Å²) in [6.07, 6.45) is 5.35. The molecule has 5 rings (SSSR count). The van der Waals surface area contributed by atoms with E-state index in [9.17, 15) is 4.79 Å². The molecule has 1 amide bonds. The van der Waals surface area contributed by atoms with Crippen molar-refractivity contribution in [3.63, 3.8) is 0 Å². The molecule has 0 aromatic heterocycles. The molecule has 3 heterocycles. The Morgan fingerprint density at radius 3 is 2.38 bits per heavy atom. The molecule has 6 nitrogen and oxygen atoms in total. The molecular formula is C32H43N3O3S2. The predicted molar refractivity (Wildman–Crippen MR) is 167 cm³/mol. The van der Waals surface area contributed by atoms with Crippen LogP contribution in [0.2, 0.25) is 0 Å². The molecular weight excluding hydrogens is 539 g/mol. The summed E-state index contributed by atoms with van der Waals surface area (Å²) in [6.45, 7) is 9.93. The average molecular weight is 582 g/mol. The van der Waals surface area contributed by atoms with Crippen LogP contribution in [-0.2, 0) is 17.6 Å². The molecule has 1 saturated heterocycles. The number of nitrogens with two attached hydrogens (primary N) is 1. The van der Waals surface area contributed by atoms with Gasteiger partial charge in [-0.2, -0.15) is 0 Å². The molecule has 216 valence electrons. The summed E-state index contributed by atoms with van der Waals surface area (Å²) >= 11 is 7.31. The van der Waals surface area contributed by atoms with Crippen molar-refractivity contribution in [2.45, 2.75) is 65.0 Å². The summed E-state index contributed by atoms with van der Waals surface area (Å²) in [5, 5.41) is 0. The third kappa shape index (κ3) is 5.72. The zero-order valence-corrected chi connectivity index (χ0v) is 26.1. The van der Waals surface area contributed by atoms with Crippen molar-refractivity contribution in [1.29, 1.82) is 0 Å². The summed E-state index contributed by atoms with van der Waals surface area (Å²) in [5.74, 6) is 2.56. The van der Waals surface area contributed by atoms with Gasteiger partial charge in [-0.15, -0.1) is 0 Å². The van der Waals surface area contributed by atoms with Crippen molar-refractivity contribution in [3.05, 3.63) is 57.6 Å². The number of hydrogen-bond donors (Lipinski definition) is 1. The third-order valence-electron chi connectivity index (χ3n) is 9.51. The largest absolute Gasteiger partial charge is 0.493 e. The van der Waals surface area contributed by atoms with Crippen LogP contribution < -0.4 is 15.2 Å². The first-order chi connectivity index (χ1) is 19.2. The highest BCUT2D eigenvalue weighted by Gasteiger charge is 2.41. The number of amides is 1. The van der Waals surface area contributed by atoms with Crippen molar-refractivity contribution >= 4 is 34.2 Å². The number of carbonyl (C=O) groups excluding carboxylic acids is 1. The number of hydrogen-bond acceptors (Lipinski definition) is 6. The van der Waals surface area contributed by atoms with Gasteiger partial charge in [-0.3, -0.25) is 9.69 Å². The monoisotopic (exact) mass is 581 g/mol. The number of nitrogens with zero attached hydrogens (tertiary/aromatic N) is 2. The lowest BCUT2D eigenvalue weighted by molar-refractivity contribution is -0.115. The second kappa shape index (κ2) is 12.3. The summed E-state index contributed by atoms with van der Waals surface area (Å²) in [4.78, 5) is 16.7. The topological polar surface area (TPSA) is 68.0 Å². The summed E-state index contributed by atoms with van der Waals surface area (Å²) in [5.41, 5.74) is 13.9.